The van der Waals surface area contributed by atoms with Crippen LogP contribution >= 0.6 is 0 Å². The Morgan fingerprint density at radius 1 is 1.16 bits per heavy atom. The van der Waals surface area contributed by atoms with Gasteiger partial charge in [-0.25, -0.2) is 13.6 Å². The normalized spacial score (nSPS) is 10.3. The third-order valence-corrected chi connectivity index (χ3v) is 2.56. The molecule has 2 aromatic carbocycles. The number of aryl methyl sites for hydroxylation is 1. The molecule has 2 aromatic rings. The Balaban J connectivity index is 2.42. The van der Waals surface area contributed by atoms with Crippen LogP contribution in [0.2, 0.25) is 0 Å². The van der Waals surface area contributed by atoms with Crippen molar-refractivity contribution in [1.82, 2.24) is 0 Å². The van der Waals surface area contributed by atoms with Gasteiger partial charge in [0.05, 0.1) is 0 Å². The van der Waals surface area contributed by atoms with Crippen LogP contribution in [0.1, 0.15) is 15.9 Å². The zero-order valence-electron chi connectivity index (χ0n) is 9.98. The summed E-state index contributed by atoms with van der Waals surface area (Å²) in [6, 6.07) is 7.54. The van der Waals surface area contributed by atoms with Crippen molar-refractivity contribution in [3.05, 3.63) is 59.2 Å². The highest BCUT2D eigenvalue weighted by Crippen LogP contribution is 2.29. The fourth-order valence-corrected chi connectivity index (χ4v) is 1.54. The molecule has 1 N–H and O–H groups in total. The average Bonchev–Trinajstić information content (AvgIpc) is 2.36. The molecular weight excluding hydrogens is 254 g/mol. The predicted octanol–water partition coefficient (Wildman–Crippen LogP) is 3.76. The SMILES string of the molecule is Cc1ccc(Oc2c(F)cccc2C(=O)O)cc1F. The van der Waals surface area contributed by atoms with Gasteiger partial charge in [0.2, 0.25) is 0 Å². The number of benzene rings is 2. The maximum atomic E-state index is 13.6. The molecule has 0 aliphatic heterocycles. The van der Waals surface area contributed by atoms with Gasteiger partial charge in [0.1, 0.15) is 17.1 Å². The van der Waals surface area contributed by atoms with Gasteiger partial charge in [0, 0.05) is 6.07 Å². The lowest BCUT2D eigenvalue weighted by atomic mass is 10.2. The van der Waals surface area contributed by atoms with E-state index in [1.54, 1.807) is 6.92 Å². The van der Waals surface area contributed by atoms with E-state index >= 15 is 0 Å². The smallest absolute Gasteiger partial charge is 0.339 e. The van der Waals surface area contributed by atoms with Gasteiger partial charge in [0.25, 0.3) is 0 Å². The van der Waals surface area contributed by atoms with Crippen molar-refractivity contribution < 1.29 is 23.4 Å². The van der Waals surface area contributed by atoms with Crippen LogP contribution in [-0.2, 0) is 0 Å². The van der Waals surface area contributed by atoms with Crippen molar-refractivity contribution in [2.75, 3.05) is 0 Å². The lowest BCUT2D eigenvalue weighted by molar-refractivity contribution is 0.0693. The number of carboxylic acid groups (broad SMARTS) is 1. The Bertz CT molecular complexity index is 639. The van der Waals surface area contributed by atoms with Gasteiger partial charge in [-0.1, -0.05) is 12.1 Å². The predicted molar refractivity (Wildman–Crippen MR) is 64.6 cm³/mol. The molecule has 0 heterocycles. The average molecular weight is 264 g/mol. The summed E-state index contributed by atoms with van der Waals surface area (Å²) in [4.78, 5) is 11.0. The molecule has 5 heteroatoms. The molecule has 0 amide bonds. The third-order valence-electron chi connectivity index (χ3n) is 2.56. The van der Waals surface area contributed by atoms with Crippen molar-refractivity contribution in [1.29, 1.82) is 0 Å². The molecule has 2 rings (SSSR count). The van der Waals surface area contributed by atoms with Crippen molar-refractivity contribution in [2.24, 2.45) is 0 Å². The first kappa shape index (κ1) is 13.0. The molecule has 0 aliphatic rings. The first-order valence-corrected chi connectivity index (χ1v) is 5.45. The minimum absolute atomic E-state index is 0.0377. The van der Waals surface area contributed by atoms with Crippen LogP contribution in [-0.4, -0.2) is 11.1 Å². The molecule has 0 fully saturated rings. The van der Waals surface area contributed by atoms with E-state index in [-0.39, 0.29) is 11.3 Å². The molecule has 0 unspecified atom stereocenters. The number of para-hydroxylation sites is 1. The van der Waals surface area contributed by atoms with Crippen molar-refractivity contribution >= 4 is 5.97 Å². The summed E-state index contributed by atoms with van der Waals surface area (Å²) in [6.45, 7) is 1.57. The standard InChI is InChI=1S/C14H10F2O3/c1-8-5-6-9(7-12(8)16)19-13-10(14(17)18)3-2-4-11(13)15/h2-7H,1H3,(H,17,18). The maximum absolute atomic E-state index is 13.6. The summed E-state index contributed by atoms with van der Waals surface area (Å²) in [5.74, 6) is -3.04. The van der Waals surface area contributed by atoms with Crippen LogP contribution in [0.15, 0.2) is 36.4 Å². The van der Waals surface area contributed by atoms with E-state index in [9.17, 15) is 13.6 Å². The number of carbonyl (C=O) groups is 1. The minimum atomic E-state index is -1.32. The molecule has 98 valence electrons. The molecule has 0 aliphatic carbocycles. The number of carboxylic acids is 1. The Morgan fingerprint density at radius 2 is 1.89 bits per heavy atom. The van der Waals surface area contributed by atoms with E-state index in [1.165, 1.54) is 24.3 Å². The van der Waals surface area contributed by atoms with Crippen LogP contribution in [0.5, 0.6) is 11.5 Å². The Morgan fingerprint density at radius 3 is 2.53 bits per heavy atom. The van der Waals surface area contributed by atoms with Crippen LogP contribution in [0.4, 0.5) is 8.78 Å². The zero-order valence-corrected chi connectivity index (χ0v) is 9.98. The lowest BCUT2D eigenvalue weighted by Crippen LogP contribution is -2.02. The van der Waals surface area contributed by atoms with Gasteiger partial charge in [-0.2, -0.15) is 0 Å². The number of aromatic carboxylic acids is 1. The number of hydrogen-bond acceptors (Lipinski definition) is 2. The largest absolute Gasteiger partial charge is 0.478 e. The second-order valence-electron chi connectivity index (χ2n) is 3.93. The highest BCUT2D eigenvalue weighted by atomic mass is 19.1. The molecule has 0 saturated carbocycles. The van der Waals surface area contributed by atoms with Gasteiger partial charge in [-0.3, -0.25) is 0 Å². The van der Waals surface area contributed by atoms with Gasteiger partial charge >= 0.3 is 5.97 Å². The molecule has 0 saturated heterocycles. The van der Waals surface area contributed by atoms with E-state index in [4.69, 9.17) is 9.84 Å². The maximum Gasteiger partial charge on any atom is 0.339 e. The fraction of sp³-hybridized carbons (Fsp3) is 0.0714. The van der Waals surface area contributed by atoms with E-state index in [1.807, 2.05) is 0 Å². The van der Waals surface area contributed by atoms with Crippen LogP contribution in [0.25, 0.3) is 0 Å². The third kappa shape index (κ3) is 2.70. The molecule has 0 bridgehead atoms. The topological polar surface area (TPSA) is 46.5 Å². The first-order valence-electron chi connectivity index (χ1n) is 5.45. The molecule has 0 radical (unpaired) electrons. The van der Waals surface area contributed by atoms with Gasteiger partial charge < -0.3 is 9.84 Å². The monoisotopic (exact) mass is 264 g/mol. The van der Waals surface area contributed by atoms with Crippen LogP contribution < -0.4 is 4.74 Å². The Hall–Kier alpha value is -2.43. The number of hydrogen-bond donors (Lipinski definition) is 1. The first-order chi connectivity index (χ1) is 8.99. The Kier molecular flexibility index (Phi) is 3.46. The van der Waals surface area contributed by atoms with E-state index < -0.39 is 23.4 Å². The summed E-state index contributed by atoms with van der Waals surface area (Å²) >= 11 is 0. The lowest BCUT2D eigenvalue weighted by Gasteiger charge is -2.10. The number of rotatable bonds is 3. The van der Waals surface area contributed by atoms with Gasteiger partial charge in [-0.05, 0) is 30.7 Å². The molecule has 19 heavy (non-hydrogen) atoms. The van der Waals surface area contributed by atoms with E-state index in [0.29, 0.717) is 5.56 Å². The second-order valence-corrected chi connectivity index (χ2v) is 3.93. The van der Waals surface area contributed by atoms with E-state index in [2.05, 4.69) is 0 Å². The summed E-state index contributed by atoms with van der Waals surface area (Å²) in [6.07, 6.45) is 0. The number of ether oxygens (including phenoxy) is 1. The summed E-state index contributed by atoms with van der Waals surface area (Å²) in [5, 5.41) is 8.95. The fourth-order valence-electron chi connectivity index (χ4n) is 1.54. The summed E-state index contributed by atoms with van der Waals surface area (Å²) in [5.41, 5.74) is 0.0975. The van der Waals surface area contributed by atoms with Crippen molar-refractivity contribution in [3.63, 3.8) is 0 Å². The quantitative estimate of drug-likeness (QED) is 0.918. The minimum Gasteiger partial charge on any atom is -0.478 e. The molecule has 0 aromatic heterocycles. The molecule has 0 spiro atoms. The van der Waals surface area contributed by atoms with E-state index in [0.717, 1.165) is 12.1 Å². The summed E-state index contributed by atoms with van der Waals surface area (Å²) in [7, 11) is 0. The number of halogens is 2. The van der Waals surface area contributed by atoms with Crippen molar-refractivity contribution in [2.45, 2.75) is 6.92 Å². The van der Waals surface area contributed by atoms with Crippen molar-refractivity contribution in [3.8, 4) is 11.5 Å². The highest BCUT2D eigenvalue weighted by Gasteiger charge is 2.16. The highest BCUT2D eigenvalue weighted by molar-refractivity contribution is 5.91. The van der Waals surface area contributed by atoms with Crippen LogP contribution in [0.3, 0.4) is 0 Å². The van der Waals surface area contributed by atoms with Gasteiger partial charge in [0.15, 0.2) is 11.6 Å². The molecule has 0 atom stereocenters. The Labute approximate surface area is 108 Å². The molecule has 3 nitrogen and oxygen atoms in total. The molecular formula is C14H10F2O3. The summed E-state index contributed by atoms with van der Waals surface area (Å²) < 4.78 is 32.1. The zero-order chi connectivity index (χ0) is 14.0. The second kappa shape index (κ2) is 5.06. The van der Waals surface area contributed by atoms with Crippen LogP contribution in [0, 0.1) is 18.6 Å². The van der Waals surface area contributed by atoms with Gasteiger partial charge in [-0.15, -0.1) is 0 Å².